The average molecular weight is 311 g/mol. The number of nitrogens with one attached hydrogen (secondary N) is 1. The van der Waals surface area contributed by atoms with Gasteiger partial charge in [0.2, 0.25) is 0 Å². The van der Waals surface area contributed by atoms with Gasteiger partial charge in [0.25, 0.3) is 0 Å². The summed E-state index contributed by atoms with van der Waals surface area (Å²) in [6, 6.07) is 9.07. The van der Waals surface area contributed by atoms with Gasteiger partial charge >= 0.3 is 0 Å². The van der Waals surface area contributed by atoms with Crippen molar-refractivity contribution in [2.45, 2.75) is 0 Å². The van der Waals surface area contributed by atoms with Gasteiger partial charge in [0, 0.05) is 49.2 Å². The van der Waals surface area contributed by atoms with Crippen molar-refractivity contribution < 1.29 is 9.18 Å². The Morgan fingerprint density at radius 2 is 1.91 bits per heavy atom. The van der Waals surface area contributed by atoms with Gasteiger partial charge in [-0.3, -0.25) is 9.78 Å². The van der Waals surface area contributed by atoms with E-state index in [1.165, 1.54) is 24.4 Å². The van der Waals surface area contributed by atoms with Crippen LogP contribution < -0.4 is 10.2 Å². The topological polar surface area (TPSA) is 45.2 Å². The standard InChI is InChI=1S/C18H18FN3O/c19-17-13-21-8-7-14(17)3-6-18(23)15-1-4-16(5-2-15)22-11-9-20-10-12-22/h1-8,13,20H,9-12H2/b6-3+. The molecule has 2 aromatic rings. The smallest absolute Gasteiger partial charge is 0.185 e. The number of benzene rings is 1. The molecule has 1 fully saturated rings. The van der Waals surface area contributed by atoms with Gasteiger partial charge in [0.05, 0.1) is 6.20 Å². The highest BCUT2D eigenvalue weighted by Gasteiger charge is 2.10. The Balaban J connectivity index is 1.69. The monoisotopic (exact) mass is 311 g/mol. The van der Waals surface area contributed by atoms with Crippen molar-refractivity contribution in [1.82, 2.24) is 10.3 Å². The zero-order valence-electron chi connectivity index (χ0n) is 12.7. The zero-order valence-corrected chi connectivity index (χ0v) is 12.7. The molecule has 1 N–H and O–H groups in total. The Kier molecular flexibility index (Phi) is 4.78. The molecule has 1 aliphatic rings. The molecule has 0 amide bonds. The first-order valence-corrected chi connectivity index (χ1v) is 7.62. The van der Waals surface area contributed by atoms with Crippen molar-refractivity contribution in [3.8, 4) is 0 Å². The number of pyridine rings is 1. The summed E-state index contributed by atoms with van der Waals surface area (Å²) in [6.45, 7) is 3.88. The van der Waals surface area contributed by atoms with Crippen LogP contribution in [0.3, 0.4) is 0 Å². The first-order valence-electron chi connectivity index (χ1n) is 7.62. The predicted molar refractivity (Wildman–Crippen MR) is 89.1 cm³/mol. The number of halogens is 1. The second-order valence-electron chi connectivity index (χ2n) is 5.38. The maximum absolute atomic E-state index is 13.5. The molecule has 5 heteroatoms. The third kappa shape index (κ3) is 3.81. The van der Waals surface area contributed by atoms with Crippen molar-refractivity contribution in [1.29, 1.82) is 0 Å². The maximum Gasteiger partial charge on any atom is 0.185 e. The first-order chi connectivity index (χ1) is 11.2. The number of carbonyl (C=O) groups excluding carboxylic acids is 1. The molecule has 1 aromatic heterocycles. The average Bonchev–Trinajstić information content (AvgIpc) is 2.62. The fourth-order valence-electron chi connectivity index (χ4n) is 2.54. The molecule has 3 rings (SSSR count). The van der Waals surface area contributed by atoms with Crippen LogP contribution in [0.4, 0.5) is 10.1 Å². The highest BCUT2D eigenvalue weighted by molar-refractivity contribution is 6.06. The van der Waals surface area contributed by atoms with Crippen LogP contribution in [0.5, 0.6) is 0 Å². The number of hydrogen-bond donors (Lipinski definition) is 1. The number of ketones is 1. The molecule has 1 aromatic carbocycles. The number of rotatable bonds is 4. The molecule has 23 heavy (non-hydrogen) atoms. The van der Waals surface area contributed by atoms with Gasteiger partial charge in [-0.2, -0.15) is 0 Å². The van der Waals surface area contributed by atoms with Crippen LogP contribution in [0, 0.1) is 5.82 Å². The fourth-order valence-corrected chi connectivity index (χ4v) is 2.54. The Hall–Kier alpha value is -2.53. The molecular weight excluding hydrogens is 293 g/mol. The highest BCUT2D eigenvalue weighted by atomic mass is 19.1. The molecule has 0 radical (unpaired) electrons. The van der Waals surface area contributed by atoms with E-state index in [0.717, 1.165) is 38.1 Å². The van der Waals surface area contributed by atoms with Crippen LogP contribution in [-0.4, -0.2) is 36.9 Å². The number of carbonyl (C=O) groups is 1. The number of allylic oxidation sites excluding steroid dienone is 1. The van der Waals surface area contributed by atoms with E-state index in [0.29, 0.717) is 11.1 Å². The third-order valence-corrected chi connectivity index (χ3v) is 3.85. The first kappa shape index (κ1) is 15.4. The van der Waals surface area contributed by atoms with E-state index in [1.54, 1.807) is 0 Å². The van der Waals surface area contributed by atoms with Crippen molar-refractivity contribution in [3.63, 3.8) is 0 Å². The summed E-state index contributed by atoms with van der Waals surface area (Å²) in [5.74, 6) is -0.585. The van der Waals surface area contributed by atoms with E-state index in [1.807, 2.05) is 24.3 Å². The van der Waals surface area contributed by atoms with Crippen molar-refractivity contribution in [2.75, 3.05) is 31.1 Å². The molecule has 1 aliphatic heterocycles. The van der Waals surface area contributed by atoms with E-state index < -0.39 is 5.82 Å². The van der Waals surface area contributed by atoms with Crippen molar-refractivity contribution >= 4 is 17.5 Å². The quantitative estimate of drug-likeness (QED) is 0.696. The van der Waals surface area contributed by atoms with E-state index in [4.69, 9.17) is 0 Å². The van der Waals surface area contributed by atoms with E-state index in [9.17, 15) is 9.18 Å². The molecular formula is C18H18FN3O. The third-order valence-electron chi connectivity index (χ3n) is 3.85. The summed E-state index contributed by atoms with van der Waals surface area (Å²) in [5, 5.41) is 3.31. The van der Waals surface area contributed by atoms with Crippen LogP contribution >= 0.6 is 0 Å². The Bertz CT molecular complexity index is 706. The second kappa shape index (κ2) is 7.15. The molecule has 118 valence electrons. The van der Waals surface area contributed by atoms with Gasteiger partial charge in [0.1, 0.15) is 5.82 Å². The normalized spacial score (nSPS) is 15.1. The molecule has 0 unspecified atom stereocenters. The Morgan fingerprint density at radius 1 is 1.17 bits per heavy atom. The minimum absolute atomic E-state index is 0.145. The van der Waals surface area contributed by atoms with Crippen molar-refractivity contribution in [2.24, 2.45) is 0 Å². The molecule has 1 saturated heterocycles. The van der Waals surface area contributed by atoms with E-state index in [2.05, 4.69) is 15.2 Å². The number of anilines is 1. The molecule has 0 atom stereocenters. The summed E-state index contributed by atoms with van der Waals surface area (Å²) in [6.07, 6.45) is 5.49. The largest absolute Gasteiger partial charge is 0.369 e. The number of piperazine rings is 1. The molecule has 0 bridgehead atoms. The summed E-state index contributed by atoms with van der Waals surface area (Å²) in [7, 11) is 0. The summed E-state index contributed by atoms with van der Waals surface area (Å²) >= 11 is 0. The minimum atomic E-state index is -0.439. The SMILES string of the molecule is O=C(/C=C/c1ccncc1F)c1ccc(N2CCNCC2)cc1. The van der Waals surface area contributed by atoms with Crippen LogP contribution in [0.15, 0.2) is 48.8 Å². The highest BCUT2D eigenvalue weighted by Crippen LogP contribution is 2.17. The lowest BCUT2D eigenvalue weighted by molar-refractivity contribution is 0.104. The molecule has 2 heterocycles. The van der Waals surface area contributed by atoms with Gasteiger partial charge in [-0.15, -0.1) is 0 Å². The number of nitrogens with zero attached hydrogens (tertiary/aromatic N) is 2. The Labute approximate surface area is 134 Å². The van der Waals surface area contributed by atoms with Crippen LogP contribution in [-0.2, 0) is 0 Å². The second-order valence-corrected chi connectivity index (χ2v) is 5.38. The van der Waals surface area contributed by atoms with Crippen molar-refractivity contribution in [3.05, 3.63) is 65.7 Å². The van der Waals surface area contributed by atoms with Crippen LogP contribution in [0.25, 0.3) is 6.08 Å². The lowest BCUT2D eigenvalue weighted by Gasteiger charge is -2.29. The molecule has 4 nitrogen and oxygen atoms in total. The maximum atomic E-state index is 13.5. The summed E-state index contributed by atoms with van der Waals surface area (Å²) < 4.78 is 13.5. The molecule has 0 saturated carbocycles. The lowest BCUT2D eigenvalue weighted by atomic mass is 10.1. The zero-order chi connectivity index (χ0) is 16.1. The van der Waals surface area contributed by atoms with Crippen LogP contribution in [0.1, 0.15) is 15.9 Å². The fraction of sp³-hybridized carbons (Fsp3) is 0.222. The Morgan fingerprint density at radius 3 is 2.61 bits per heavy atom. The number of hydrogen-bond acceptors (Lipinski definition) is 4. The van der Waals surface area contributed by atoms with Gasteiger partial charge in [0.15, 0.2) is 5.78 Å². The van der Waals surface area contributed by atoms with Gasteiger partial charge < -0.3 is 10.2 Å². The number of aromatic nitrogens is 1. The summed E-state index contributed by atoms with van der Waals surface area (Å²) in [4.78, 5) is 18.1. The van der Waals surface area contributed by atoms with Gasteiger partial charge in [-0.25, -0.2) is 4.39 Å². The molecule has 0 spiro atoms. The van der Waals surface area contributed by atoms with Gasteiger partial charge in [-0.05, 0) is 42.5 Å². The van der Waals surface area contributed by atoms with E-state index in [-0.39, 0.29) is 5.78 Å². The minimum Gasteiger partial charge on any atom is -0.369 e. The van der Waals surface area contributed by atoms with E-state index >= 15 is 0 Å². The van der Waals surface area contributed by atoms with Gasteiger partial charge in [-0.1, -0.05) is 0 Å². The van der Waals surface area contributed by atoms with Crippen LogP contribution in [0.2, 0.25) is 0 Å². The predicted octanol–water partition coefficient (Wildman–Crippen LogP) is 2.53. The summed E-state index contributed by atoms with van der Waals surface area (Å²) in [5.41, 5.74) is 2.06. The lowest BCUT2D eigenvalue weighted by Crippen LogP contribution is -2.43. The molecule has 0 aliphatic carbocycles.